The van der Waals surface area contributed by atoms with Crippen molar-refractivity contribution in [1.82, 2.24) is 9.55 Å². The molecule has 0 radical (unpaired) electrons. The van der Waals surface area contributed by atoms with Gasteiger partial charge in [0, 0.05) is 23.5 Å². The molecule has 1 heterocycles. The van der Waals surface area contributed by atoms with Crippen LogP contribution in [0.15, 0.2) is 35.1 Å². The molecule has 2 N–H and O–H groups in total. The zero-order valence-corrected chi connectivity index (χ0v) is 12.0. The van der Waals surface area contributed by atoms with Crippen LogP contribution in [0.4, 0.5) is 0 Å². The van der Waals surface area contributed by atoms with Gasteiger partial charge in [0.15, 0.2) is 0 Å². The molecule has 0 aliphatic carbocycles. The number of para-hydroxylation sites is 1. The first kappa shape index (κ1) is 14.3. The van der Waals surface area contributed by atoms with Gasteiger partial charge < -0.3 is 10.5 Å². The van der Waals surface area contributed by atoms with Gasteiger partial charge in [-0.15, -0.1) is 0 Å². The van der Waals surface area contributed by atoms with Crippen LogP contribution in [0.2, 0.25) is 0 Å². The van der Waals surface area contributed by atoms with E-state index in [1.165, 1.54) is 0 Å². The maximum Gasteiger partial charge on any atom is 0.348 e. The van der Waals surface area contributed by atoms with Crippen LogP contribution in [-0.2, 0) is 6.54 Å². The van der Waals surface area contributed by atoms with E-state index >= 15 is 0 Å². The molecule has 0 aliphatic heterocycles. The molecule has 1 atom stereocenters. The number of aryl methyl sites for hydroxylation is 2. The molecule has 2 rings (SSSR count). The van der Waals surface area contributed by atoms with Gasteiger partial charge in [-0.2, -0.15) is 4.98 Å². The quantitative estimate of drug-likeness (QED) is 0.918. The highest BCUT2D eigenvalue weighted by molar-refractivity contribution is 5.35. The number of methoxy groups -OCH3 is 1. The van der Waals surface area contributed by atoms with Crippen LogP contribution in [0.3, 0.4) is 0 Å². The summed E-state index contributed by atoms with van der Waals surface area (Å²) in [7, 11) is 1.61. The molecular formula is C15H19N3O2. The monoisotopic (exact) mass is 273 g/mol. The van der Waals surface area contributed by atoms with E-state index in [9.17, 15) is 4.79 Å². The molecule has 1 aromatic carbocycles. The van der Waals surface area contributed by atoms with E-state index in [1.807, 2.05) is 37.3 Å². The Morgan fingerprint density at radius 1 is 1.35 bits per heavy atom. The zero-order chi connectivity index (χ0) is 14.7. The van der Waals surface area contributed by atoms with Crippen LogP contribution in [0.1, 0.15) is 23.0 Å². The topological polar surface area (TPSA) is 70.1 Å². The molecule has 0 aliphatic rings. The third-order valence-corrected chi connectivity index (χ3v) is 3.26. The van der Waals surface area contributed by atoms with Crippen molar-refractivity contribution in [3.8, 4) is 5.75 Å². The number of hydrogen-bond donors (Lipinski definition) is 1. The molecule has 106 valence electrons. The normalized spacial score (nSPS) is 12.2. The molecule has 0 spiro atoms. The number of ether oxygens (including phenoxy) is 1. The lowest BCUT2D eigenvalue weighted by Gasteiger charge is -2.18. The Morgan fingerprint density at radius 3 is 2.70 bits per heavy atom. The molecule has 5 nitrogen and oxygen atoms in total. The van der Waals surface area contributed by atoms with Gasteiger partial charge in [0.25, 0.3) is 0 Å². The van der Waals surface area contributed by atoms with E-state index in [0.29, 0.717) is 6.54 Å². The Bertz CT molecular complexity index is 664. The molecule has 5 heteroatoms. The van der Waals surface area contributed by atoms with Gasteiger partial charge in [-0.05, 0) is 26.0 Å². The molecule has 20 heavy (non-hydrogen) atoms. The van der Waals surface area contributed by atoms with Crippen LogP contribution < -0.4 is 16.2 Å². The fraction of sp³-hybridized carbons (Fsp3) is 0.333. The summed E-state index contributed by atoms with van der Waals surface area (Å²) in [6.07, 6.45) is 0. The maximum absolute atomic E-state index is 11.9. The fourth-order valence-electron chi connectivity index (χ4n) is 2.26. The lowest BCUT2D eigenvalue weighted by atomic mass is 10.1. The number of hydrogen-bond acceptors (Lipinski definition) is 4. The number of nitrogens with two attached hydrogens (primary N) is 1. The summed E-state index contributed by atoms with van der Waals surface area (Å²) in [5.74, 6) is 0.728. The highest BCUT2D eigenvalue weighted by Crippen LogP contribution is 2.24. The van der Waals surface area contributed by atoms with Gasteiger partial charge in [0.1, 0.15) is 5.75 Å². The minimum Gasteiger partial charge on any atom is -0.496 e. The smallest absolute Gasteiger partial charge is 0.348 e. The third-order valence-electron chi connectivity index (χ3n) is 3.26. The summed E-state index contributed by atoms with van der Waals surface area (Å²) in [4.78, 5) is 15.9. The highest BCUT2D eigenvalue weighted by atomic mass is 16.5. The summed E-state index contributed by atoms with van der Waals surface area (Å²) in [5.41, 5.74) is 8.39. The van der Waals surface area contributed by atoms with Crippen LogP contribution >= 0.6 is 0 Å². The van der Waals surface area contributed by atoms with E-state index < -0.39 is 0 Å². The first-order valence-corrected chi connectivity index (χ1v) is 6.46. The number of rotatable bonds is 4. The highest BCUT2D eigenvalue weighted by Gasteiger charge is 2.14. The first-order valence-electron chi connectivity index (χ1n) is 6.46. The predicted molar refractivity (Wildman–Crippen MR) is 77.9 cm³/mol. The van der Waals surface area contributed by atoms with Crippen LogP contribution in [-0.4, -0.2) is 16.7 Å². The Kier molecular flexibility index (Phi) is 4.20. The third kappa shape index (κ3) is 2.88. The van der Waals surface area contributed by atoms with Gasteiger partial charge in [-0.3, -0.25) is 4.57 Å². The largest absolute Gasteiger partial charge is 0.496 e. The molecule has 1 unspecified atom stereocenters. The lowest BCUT2D eigenvalue weighted by molar-refractivity contribution is 0.401. The predicted octanol–water partition coefficient (Wildman–Crippen LogP) is 1.57. The van der Waals surface area contributed by atoms with Crippen molar-refractivity contribution in [2.45, 2.75) is 26.4 Å². The molecule has 0 amide bonds. The van der Waals surface area contributed by atoms with E-state index in [2.05, 4.69) is 4.98 Å². The molecular weight excluding hydrogens is 254 g/mol. The Balaban J connectivity index is 2.33. The van der Waals surface area contributed by atoms with Crippen molar-refractivity contribution < 1.29 is 4.74 Å². The van der Waals surface area contributed by atoms with Crippen molar-refractivity contribution in [1.29, 1.82) is 0 Å². The molecule has 0 bridgehead atoms. The average Bonchev–Trinajstić information content (AvgIpc) is 2.42. The van der Waals surface area contributed by atoms with E-state index in [-0.39, 0.29) is 11.7 Å². The summed E-state index contributed by atoms with van der Waals surface area (Å²) in [6, 6.07) is 9.10. The van der Waals surface area contributed by atoms with E-state index in [1.54, 1.807) is 18.6 Å². The Labute approximate surface area is 118 Å². The van der Waals surface area contributed by atoms with E-state index in [4.69, 9.17) is 10.5 Å². The second kappa shape index (κ2) is 5.88. The second-order valence-corrected chi connectivity index (χ2v) is 4.78. The molecule has 0 saturated heterocycles. The van der Waals surface area contributed by atoms with Crippen LogP contribution in [0.25, 0.3) is 0 Å². The van der Waals surface area contributed by atoms with Gasteiger partial charge in [-0.1, -0.05) is 18.2 Å². The minimum absolute atomic E-state index is 0.271. The van der Waals surface area contributed by atoms with Crippen molar-refractivity contribution in [3.05, 3.63) is 57.8 Å². The van der Waals surface area contributed by atoms with Gasteiger partial charge in [0.2, 0.25) is 0 Å². The van der Waals surface area contributed by atoms with Crippen LogP contribution in [0, 0.1) is 13.8 Å². The first-order chi connectivity index (χ1) is 9.52. The van der Waals surface area contributed by atoms with Crippen LogP contribution in [0.5, 0.6) is 5.75 Å². The summed E-state index contributed by atoms with van der Waals surface area (Å²) in [6.45, 7) is 4.06. The second-order valence-electron chi connectivity index (χ2n) is 4.78. The Hall–Kier alpha value is -2.14. The summed E-state index contributed by atoms with van der Waals surface area (Å²) in [5, 5.41) is 0. The summed E-state index contributed by atoms with van der Waals surface area (Å²) >= 11 is 0. The van der Waals surface area contributed by atoms with E-state index in [0.717, 1.165) is 22.7 Å². The number of aromatic nitrogens is 2. The number of nitrogens with zero attached hydrogens (tertiary/aromatic N) is 2. The maximum atomic E-state index is 11.9. The molecule has 0 fully saturated rings. The average molecular weight is 273 g/mol. The van der Waals surface area contributed by atoms with Gasteiger partial charge in [-0.25, -0.2) is 4.79 Å². The van der Waals surface area contributed by atoms with Crippen molar-refractivity contribution in [2.75, 3.05) is 7.11 Å². The fourth-order valence-corrected chi connectivity index (χ4v) is 2.26. The van der Waals surface area contributed by atoms with Crippen molar-refractivity contribution in [2.24, 2.45) is 5.73 Å². The van der Waals surface area contributed by atoms with Crippen molar-refractivity contribution in [3.63, 3.8) is 0 Å². The van der Waals surface area contributed by atoms with Crippen molar-refractivity contribution >= 4 is 0 Å². The minimum atomic E-state index is -0.327. The standard InChI is InChI=1S/C15H19N3O2/c1-10-8-11(2)18(15(19)17-10)9-13(16)12-6-4-5-7-14(12)20-3/h4-8,13H,9,16H2,1-3H3. The van der Waals surface area contributed by atoms with Gasteiger partial charge in [0.05, 0.1) is 13.2 Å². The number of benzene rings is 1. The summed E-state index contributed by atoms with van der Waals surface area (Å²) < 4.78 is 6.89. The lowest BCUT2D eigenvalue weighted by Crippen LogP contribution is -2.30. The SMILES string of the molecule is COc1ccccc1C(N)Cn1c(C)cc(C)nc1=O. The molecule has 0 saturated carbocycles. The van der Waals surface area contributed by atoms with Gasteiger partial charge >= 0.3 is 5.69 Å². The zero-order valence-electron chi connectivity index (χ0n) is 12.0. The Morgan fingerprint density at radius 2 is 2.05 bits per heavy atom. The molecule has 2 aromatic rings. The molecule has 1 aromatic heterocycles.